The summed E-state index contributed by atoms with van der Waals surface area (Å²) in [4.78, 5) is 25.0. The number of aryl methyl sites for hydroxylation is 1. The molecule has 4 atom stereocenters. The molecule has 1 aromatic carbocycles. The highest BCUT2D eigenvalue weighted by atomic mass is 16.5. The molecule has 2 aromatic rings. The number of carbonyl (C=O) groups excluding carboxylic acids is 2. The van der Waals surface area contributed by atoms with Gasteiger partial charge in [-0.2, -0.15) is 5.10 Å². The van der Waals surface area contributed by atoms with Gasteiger partial charge < -0.3 is 15.4 Å². The first-order valence-electron chi connectivity index (χ1n) is 9.26. The number of nitrogens with one attached hydrogen (secondary N) is 2. The second-order valence-electron chi connectivity index (χ2n) is 7.39. The summed E-state index contributed by atoms with van der Waals surface area (Å²) >= 11 is 0. The van der Waals surface area contributed by atoms with Crippen molar-refractivity contribution < 1.29 is 14.3 Å². The van der Waals surface area contributed by atoms with Crippen LogP contribution in [0.3, 0.4) is 0 Å². The zero-order valence-electron chi connectivity index (χ0n) is 15.7. The van der Waals surface area contributed by atoms with E-state index in [-0.39, 0.29) is 29.6 Å². The van der Waals surface area contributed by atoms with Gasteiger partial charge in [-0.15, -0.1) is 0 Å². The minimum Gasteiger partial charge on any atom is -0.381 e. The number of nitrogens with zero attached hydrogens (tertiary/aromatic N) is 2. The van der Waals surface area contributed by atoms with E-state index in [4.69, 9.17) is 4.74 Å². The van der Waals surface area contributed by atoms with Gasteiger partial charge in [0.05, 0.1) is 19.3 Å². The van der Waals surface area contributed by atoms with Crippen LogP contribution in [0.25, 0.3) is 0 Å². The van der Waals surface area contributed by atoms with Gasteiger partial charge in [0.1, 0.15) is 5.69 Å². The maximum Gasteiger partial charge on any atom is 0.271 e. The van der Waals surface area contributed by atoms with E-state index >= 15 is 0 Å². The first kappa shape index (κ1) is 17.7. The van der Waals surface area contributed by atoms with Gasteiger partial charge in [-0.05, 0) is 19.4 Å². The van der Waals surface area contributed by atoms with E-state index in [2.05, 4.69) is 21.8 Å². The number of carbonyl (C=O) groups is 2. The van der Waals surface area contributed by atoms with E-state index in [0.29, 0.717) is 30.7 Å². The van der Waals surface area contributed by atoms with Gasteiger partial charge in [-0.3, -0.25) is 14.3 Å². The number of amides is 2. The molecule has 1 aliphatic carbocycles. The summed E-state index contributed by atoms with van der Waals surface area (Å²) < 4.78 is 7.03. The van der Waals surface area contributed by atoms with E-state index in [1.54, 1.807) is 17.8 Å². The van der Waals surface area contributed by atoms with Crippen molar-refractivity contribution in [3.05, 3.63) is 52.8 Å². The number of hydrogen-bond donors (Lipinski definition) is 2. The minimum absolute atomic E-state index is 0.160. The Kier molecular flexibility index (Phi) is 4.47. The van der Waals surface area contributed by atoms with Crippen LogP contribution in [0, 0.1) is 18.8 Å². The summed E-state index contributed by atoms with van der Waals surface area (Å²) in [6.07, 6.45) is 0. The summed E-state index contributed by atoms with van der Waals surface area (Å²) in [5.74, 6) is 0.323. The van der Waals surface area contributed by atoms with Crippen LogP contribution in [0.1, 0.15) is 45.1 Å². The quantitative estimate of drug-likeness (QED) is 0.838. The lowest BCUT2D eigenvalue weighted by Crippen LogP contribution is -2.32. The summed E-state index contributed by atoms with van der Waals surface area (Å²) in [5.41, 5.74) is 2.80. The third-order valence-electron chi connectivity index (χ3n) is 5.57. The smallest absolute Gasteiger partial charge is 0.271 e. The molecule has 1 saturated heterocycles. The highest BCUT2D eigenvalue weighted by Crippen LogP contribution is 2.44. The van der Waals surface area contributed by atoms with Crippen LogP contribution in [-0.4, -0.2) is 47.9 Å². The Morgan fingerprint density at radius 3 is 2.63 bits per heavy atom. The Bertz CT molecular complexity index is 881. The lowest BCUT2D eigenvalue weighted by atomic mass is 10.1. The topological polar surface area (TPSA) is 85.3 Å². The zero-order chi connectivity index (χ0) is 19.1. The molecule has 4 rings (SSSR count). The predicted octanol–water partition coefficient (Wildman–Crippen LogP) is 1.54. The predicted molar refractivity (Wildman–Crippen MR) is 99.7 cm³/mol. The van der Waals surface area contributed by atoms with Gasteiger partial charge in [-0.25, -0.2) is 0 Å². The summed E-state index contributed by atoms with van der Waals surface area (Å²) in [7, 11) is 1.55. The van der Waals surface area contributed by atoms with Crippen molar-refractivity contribution in [2.75, 3.05) is 20.3 Å². The Hall–Kier alpha value is -2.67. The summed E-state index contributed by atoms with van der Waals surface area (Å²) in [6, 6.07) is 9.62. The number of ether oxygens (including phenoxy) is 1. The molecule has 2 heterocycles. The molecule has 7 nitrogen and oxygen atoms in total. The van der Waals surface area contributed by atoms with Crippen molar-refractivity contribution in [3.63, 3.8) is 0 Å². The molecule has 2 N–H and O–H groups in total. The number of fused-ring (bicyclic) bond motifs is 1. The van der Waals surface area contributed by atoms with Crippen molar-refractivity contribution in [3.8, 4) is 0 Å². The van der Waals surface area contributed by atoms with Gasteiger partial charge in [0.25, 0.3) is 11.8 Å². The normalized spacial score (nSPS) is 24.2. The standard InChI is InChI=1S/C20H24N4O3/c1-11-5-4-6-13(7-11)12(2)24-17(8-16(23-24)19(25)21-3)20(26)22-18-14-9-27-10-15(14)18/h4-8,12,14-15,18H,9-10H2,1-3H3,(H,21,25)(H,22,26)/t12-,14-,15+,18+/m0/s1. The van der Waals surface area contributed by atoms with E-state index in [9.17, 15) is 9.59 Å². The Balaban J connectivity index is 1.63. The van der Waals surface area contributed by atoms with Gasteiger partial charge in [0.2, 0.25) is 0 Å². The first-order valence-corrected chi connectivity index (χ1v) is 9.26. The molecule has 7 heteroatoms. The average molecular weight is 368 g/mol. The molecule has 0 bridgehead atoms. The van der Waals surface area contributed by atoms with Crippen molar-refractivity contribution in [1.82, 2.24) is 20.4 Å². The number of benzene rings is 1. The van der Waals surface area contributed by atoms with Crippen LogP contribution in [0.5, 0.6) is 0 Å². The van der Waals surface area contributed by atoms with Gasteiger partial charge in [0, 0.05) is 31.0 Å². The lowest BCUT2D eigenvalue weighted by Gasteiger charge is -2.17. The van der Waals surface area contributed by atoms with E-state index < -0.39 is 0 Å². The molecular formula is C20H24N4O3. The number of rotatable bonds is 5. The van der Waals surface area contributed by atoms with Crippen LogP contribution >= 0.6 is 0 Å². The summed E-state index contributed by atoms with van der Waals surface area (Å²) in [6.45, 7) is 5.42. The molecule has 0 radical (unpaired) electrons. The zero-order valence-corrected chi connectivity index (χ0v) is 15.7. The monoisotopic (exact) mass is 368 g/mol. The van der Waals surface area contributed by atoms with Crippen molar-refractivity contribution >= 4 is 11.8 Å². The summed E-state index contributed by atoms with van der Waals surface area (Å²) in [5, 5.41) is 10.1. The molecule has 0 unspecified atom stereocenters. The van der Waals surface area contributed by atoms with Crippen molar-refractivity contribution in [2.24, 2.45) is 11.8 Å². The molecule has 1 aliphatic heterocycles. The van der Waals surface area contributed by atoms with E-state index in [0.717, 1.165) is 11.1 Å². The Labute approximate surface area is 158 Å². The van der Waals surface area contributed by atoms with Gasteiger partial charge >= 0.3 is 0 Å². The second kappa shape index (κ2) is 6.81. The minimum atomic E-state index is -0.309. The molecule has 2 amide bonds. The molecular weight excluding hydrogens is 344 g/mol. The lowest BCUT2D eigenvalue weighted by molar-refractivity contribution is 0.0915. The number of aromatic nitrogens is 2. The van der Waals surface area contributed by atoms with Crippen molar-refractivity contribution in [2.45, 2.75) is 25.9 Å². The van der Waals surface area contributed by atoms with E-state index in [1.165, 1.54) is 0 Å². The maximum absolute atomic E-state index is 12.9. The van der Waals surface area contributed by atoms with Crippen LogP contribution in [-0.2, 0) is 4.74 Å². The largest absolute Gasteiger partial charge is 0.381 e. The van der Waals surface area contributed by atoms with E-state index in [1.807, 2.05) is 32.0 Å². The third-order valence-corrected chi connectivity index (χ3v) is 5.57. The molecule has 27 heavy (non-hydrogen) atoms. The SMILES string of the molecule is CNC(=O)c1cc(C(=O)N[C@H]2[C@@H]3COC[C@@H]32)n([C@@H](C)c2cccc(C)c2)n1. The van der Waals surface area contributed by atoms with Crippen LogP contribution in [0.4, 0.5) is 0 Å². The van der Waals surface area contributed by atoms with Crippen molar-refractivity contribution in [1.29, 1.82) is 0 Å². The Morgan fingerprint density at radius 1 is 1.22 bits per heavy atom. The second-order valence-corrected chi connectivity index (χ2v) is 7.39. The highest BCUT2D eigenvalue weighted by molar-refractivity contribution is 5.98. The fourth-order valence-corrected chi connectivity index (χ4v) is 3.85. The molecule has 0 spiro atoms. The fraction of sp³-hybridized carbons (Fsp3) is 0.450. The molecule has 142 valence electrons. The van der Waals surface area contributed by atoms with Crippen LogP contribution in [0.15, 0.2) is 30.3 Å². The van der Waals surface area contributed by atoms with Gasteiger partial charge in [0.15, 0.2) is 5.69 Å². The Morgan fingerprint density at radius 2 is 1.96 bits per heavy atom. The molecule has 1 aromatic heterocycles. The molecule has 2 aliphatic rings. The van der Waals surface area contributed by atoms with Gasteiger partial charge in [-0.1, -0.05) is 29.8 Å². The average Bonchev–Trinajstić information content (AvgIpc) is 3.07. The third kappa shape index (κ3) is 3.23. The first-order chi connectivity index (χ1) is 13.0. The highest BCUT2D eigenvalue weighted by Gasteiger charge is 2.55. The molecule has 1 saturated carbocycles. The fourth-order valence-electron chi connectivity index (χ4n) is 3.85. The number of hydrogen-bond acceptors (Lipinski definition) is 4. The van der Waals surface area contributed by atoms with Crippen LogP contribution in [0.2, 0.25) is 0 Å². The van der Waals surface area contributed by atoms with Crippen LogP contribution < -0.4 is 10.6 Å². The molecule has 2 fully saturated rings. The maximum atomic E-state index is 12.9.